The van der Waals surface area contributed by atoms with E-state index in [-0.39, 0.29) is 6.04 Å². The van der Waals surface area contributed by atoms with Gasteiger partial charge in [0.2, 0.25) is 0 Å². The van der Waals surface area contributed by atoms with Gasteiger partial charge in [-0.3, -0.25) is 0 Å². The zero-order valence-corrected chi connectivity index (χ0v) is 11.5. The van der Waals surface area contributed by atoms with Crippen LogP contribution in [0.3, 0.4) is 0 Å². The summed E-state index contributed by atoms with van der Waals surface area (Å²) in [4.78, 5) is 0. The van der Waals surface area contributed by atoms with Crippen molar-refractivity contribution in [3.63, 3.8) is 0 Å². The maximum absolute atomic E-state index is 6.25. The molecule has 0 bridgehead atoms. The Balaban J connectivity index is 2.41. The summed E-state index contributed by atoms with van der Waals surface area (Å²) in [6.07, 6.45) is 2.29. The Labute approximate surface area is 110 Å². The Bertz CT molecular complexity index is 576. The van der Waals surface area contributed by atoms with Gasteiger partial charge in [0.25, 0.3) is 0 Å². The van der Waals surface area contributed by atoms with Gasteiger partial charge >= 0.3 is 0 Å². The molecule has 88 valence electrons. The molecule has 0 saturated carbocycles. The van der Waals surface area contributed by atoms with E-state index in [2.05, 4.69) is 53.2 Å². The highest BCUT2D eigenvalue weighted by Crippen LogP contribution is 2.42. The summed E-state index contributed by atoms with van der Waals surface area (Å²) in [6, 6.07) is 11.0. The predicted octanol–water partition coefficient (Wildman–Crippen LogP) is 4.50. The number of hydrogen-bond acceptors (Lipinski definition) is 1. The molecule has 1 aliphatic carbocycles. The fourth-order valence-electron chi connectivity index (χ4n) is 2.96. The first-order valence-corrected chi connectivity index (χ1v) is 6.94. The lowest BCUT2D eigenvalue weighted by molar-refractivity contribution is 0.516. The second kappa shape index (κ2) is 4.11. The highest BCUT2D eigenvalue weighted by atomic mass is 79.9. The van der Waals surface area contributed by atoms with E-state index in [9.17, 15) is 0 Å². The summed E-state index contributed by atoms with van der Waals surface area (Å²) in [5.41, 5.74) is 9.04. The van der Waals surface area contributed by atoms with Crippen LogP contribution in [-0.2, 0) is 0 Å². The smallest absolute Gasteiger partial charge is 0.0298 e. The lowest BCUT2D eigenvalue weighted by atomic mass is 9.79. The van der Waals surface area contributed by atoms with Crippen LogP contribution < -0.4 is 5.73 Å². The van der Waals surface area contributed by atoms with E-state index in [1.807, 2.05) is 0 Å². The predicted molar refractivity (Wildman–Crippen MR) is 76.2 cm³/mol. The Morgan fingerprint density at radius 2 is 1.88 bits per heavy atom. The lowest BCUT2D eigenvalue weighted by Gasteiger charge is -2.29. The van der Waals surface area contributed by atoms with E-state index in [0.717, 1.165) is 10.9 Å². The average Bonchev–Trinajstić information content (AvgIpc) is 2.34. The van der Waals surface area contributed by atoms with E-state index >= 15 is 0 Å². The fraction of sp³-hybridized carbons (Fsp3) is 0.333. The third-order valence-corrected chi connectivity index (χ3v) is 4.53. The number of rotatable bonds is 0. The molecule has 0 aliphatic heterocycles. The molecule has 0 saturated heterocycles. The highest BCUT2D eigenvalue weighted by Gasteiger charge is 2.24. The Morgan fingerprint density at radius 3 is 2.65 bits per heavy atom. The van der Waals surface area contributed by atoms with Gasteiger partial charge in [0.1, 0.15) is 0 Å². The second-order valence-electron chi connectivity index (χ2n) is 4.99. The lowest BCUT2D eigenvalue weighted by Crippen LogP contribution is -2.19. The number of benzene rings is 2. The average molecular weight is 290 g/mol. The van der Waals surface area contributed by atoms with Gasteiger partial charge in [0, 0.05) is 10.5 Å². The molecule has 2 aromatic rings. The van der Waals surface area contributed by atoms with Crippen molar-refractivity contribution < 1.29 is 0 Å². The molecule has 0 radical (unpaired) electrons. The minimum Gasteiger partial charge on any atom is -0.324 e. The van der Waals surface area contributed by atoms with Crippen LogP contribution in [0.5, 0.6) is 0 Å². The molecule has 17 heavy (non-hydrogen) atoms. The van der Waals surface area contributed by atoms with Crippen LogP contribution in [0.1, 0.15) is 42.9 Å². The number of hydrogen-bond donors (Lipinski definition) is 1. The third kappa shape index (κ3) is 1.71. The van der Waals surface area contributed by atoms with Gasteiger partial charge < -0.3 is 5.73 Å². The minimum atomic E-state index is 0.196. The molecule has 0 heterocycles. The molecule has 2 aromatic carbocycles. The standard InChI is InChI=1S/C15H16BrN/c1-9-6-7-14(17)12-8-13(16)10-4-2-3-5-11(10)15(9)12/h2-5,8-9,14H,6-7,17H2,1H3. The van der Waals surface area contributed by atoms with Crippen LogP contribution in [0.2, 0.25) is 0 Å². The summed E-state index contributed by atoms with van der Waals surface area (Å²) in [5, 5.41) is 2.66. The SMILES string of the molecule is CC1CCC(N)c2cc(Br)c3ccccc3c21. The van der Waals surface area contributed by atoms with Gasteiger partial charge in [-0.1, -0.05) is 47.1 Å². The summed E-state index contributed by atoms with van der Waals surface area (Å²) in [5.74, 6) is 0.614. The molecule has 1 aliphatic rings. The van der Waals surface area contributed by atoms with Gasteiger partial charge in [-0.2, -0.15) is 0 Å². The highest BCUT2D eigenvalue weighted by molar-refractivity contribution is 9.10. The van der Waals surface area contributed by atoms with Gasteiger partial charge in [0.05, 0.1) is 0 Å². The molecular weight excluding hydrogens is 274 g/mol. The molecule has 0 spiro atoms. The number of halogens is 1. The van der Waals surface area contributed by atoms with Crippen molar-refractivity contribution in [1.82, 2.24) is 0 Å². The van der Waals surface area contributed by atoms with Gasteiger partial charge in [-0.25, -0.2) is 0 Å². The first-order chi connectivity index (χ1) is 8.18. The van der Waals surface area contributed by atoms with Crippen LogP contribution >= 0.6 is 15.9 Å². The largest absolute Gasteiger partial charge is 0.324 e. The monoisotopic (exact) mass is 289 g/mol. The first-order valence-electron chi connectivity index (χ1n) is 6.15. The van der Waals surface area contributed by atoms with Crippen molar-refractivity contribution in [1.29, 1.82) is 0 Å². The van der Waals surface area contributed by atoms with Crippen LogP contribution in [0.4, 0.5) is 0 Å². The molecular formula is C15H16BrN. The van der Waals surface area contributed by atoms with Crippen molar-refractivity contribution in [2.45, 2.75) is 31.7 Å². The number of nitrogens with two attached hydrogens (primary N) is 1. The van der Waals surface area contributed by atoms with E-state index in [1.54, 1.807) is 0 Å². The molecule has 0 amide bonds. The topological polar surface area (TPSA) is 26.0 Å². The van der Waals surface area contributed by atoms with Crippen molar-refractivity contribution in [2.75, 3.05) is 0 Å². The van der Waals surface area contributed by atoms with E-state index in [1.165, 1.54) is 28.3 Å². The van der Waals surface area contributed by atoms with Crippen LogP contribution in [-0.4, -0.2) is 0 Å². The summed E-state index contributed by atoms with van der Waals surface area (Å²) in [6.45, 7) is 2.31. The molecule has 2 N–H and O–H groups in total. The van der Waals surface area contributed by atoms with E-state index in [4.69, 9.17) is 5.73 Å². The molecule has 3 rings (SSSR count). The van der Waals surface area contributed by atoms with Gasteiger partial charge in [-0.15, -0.1) is 0 Å². The molecule has 0 aromatic heterocycles. The summed E-state index contributed by atoms with van der Waals surface area (Å²) >= 11 is 3.67. The van der Waals surface area contributed by atoms with Crippen molar-refractivity contribution in [3.05, 3.63) is 45.9 Å². The normalized spacial score (nSPS) is 23.7. The molecule has 2 atom stereocenters. The fourth-order valence-corrected chi connectivity index (χ4v) is 3.55. The third-order valence-electron chi connectivity index (χ3n) is 3.87. The van der Waals surface area contributed by atoms with Crippen molar-refractivity contribution >= 4 is 26.7 Å². The molecule has 2 unspecified atom stereocenters. The van der Waals surface area contributed by atoms with E-state index < -0.39 is 0 Å². The van der Waals surface area contributed by atoms with Gasteiger partial charge in [0.15, 0.2) is 0 Å². The molecule has 1 nitrogen and oxygen atoms in total. The Kier molecular flexibility index (Phi) is 2.72. The summed E-state index contributed by atoms with van der Waals surface area (Å²) < 4.78 is 1.16. The Morgan fingerprint density at radius 1 is 1.18 bits per heavy atom. The molecule has 2 heteroatoms. The minimum absolute atomic E-state index is 0.196. The van der Waals surface area contributed by atoms with Crippen molar-refractivity contribution in [2.24, 2.45) is 5.73 Å². The van der Waals surface area contributed by atoms with Gasteiger partial charge in [-0.05, 0) is 46.7 Å². The maximum Gasteiger partial charge on any atom is 0.0298 e. The number of fused-ring (bicyclic) bond motifs is 3. The zero-order chi connectivity index (χ0) is 12.0. The van der Waals surface area contributed by atoms with Crippen LogP contribution in [0.25, 0.3) is 10.8 Å². The summed E-state index contributed by atoms with van der Waals surface area (Å²) in [7, 11) is 0. The second-order valence-corrected chi connectivity index (χ2v) is 5.85. The van der Waals surface area contributed by atoms with Crippen LogP contribution in [0.15, 0.2) is 34.8 Å². The first kappa shape index (κ1) is 11.2. The van der Waals surface area contributed by atoms with E-state index in [0.29, 0.717) is 5.92 Å². The Hall–Kier alpha value is -0.860. The molecule has 0 fully saturated rings. The van der Waals surface area contributed by atoms with Crippen molar-refractivity contribution in [3.8, 4) is 0 Å². The maximum atomic E-state index is 6.25. The zero-order valence-electron chi connectivity index (χ0n) is 9.91. The van der Waals surface area contributed by atoms with Crippen LogP contribution in [0, 0.1) is 0 Å². The quantitative estimate of drug-likeness (QED) is 0.759.